The lowest BCUT2D eigenvalue weighted by atomic mass is 10.1. The minimum atomic E-state index is 0.166. The molecule has 1 aromatic carbocycles. The van der Waals surface area contributed by atoms with E-state index in [1.54, 1.807) is 12.3 Å². The Morgan fingerprint density at radius 1 is 1.17 bits per heavy atom. The summed E-state index contributed by atoms with van der Waals surface area (Å²) in [4.78, 5) is 18.1. The van der Waals surface area contributed by atoms with Crippen LogP contribution in [-0.2, 0) is 4.79 Å². The van der Waals surface area contributed by atoms with Crippen LogP contribution in [0.1, 0.15) is 6.92 Å². The van der Waals surface area contributed by atoms with Crippen LogP contribution < -0.4 is 4.90 Å². The minimum Gasteiger partial charge on any atom is -0.359 e. The van der Waals surface area contributed by atoms with Crippen LogP contribution in [0.5, 0.6) is 0 Å². The van der Waals surface area contributed by atoms with E-state index < -0.39 is 0 Å². The number of aromatic nitrogens is 1. The van der Waals surface area contributed by atoms with Gasteiger partial charge in [0, 0.05) is 23.8 Å². The van der Waals surface area contributed by atoms with E-state index in [2.05, 4.69) is 22.0 Å². The SMILES string of the molecule is CC1=CC(=O)CN(c2cccc3ncccc23)C1. The van der Waals surface area contributed by atoms with Crippen LogP contribution in [0.4, 0.5) is 5.69 Å². The van der Waals surface area contributed by atoms with E-state index in [-0.39, 0.29) is 5.78 Å². The van der Waals surface area contributed by atoms with Crippen molar-refractivity contribution in [1.29, 1.82) is 0 Å². The van der Waals surface area contributed by atoms with Crippen molar-refractivity contribution in [3.63, 3.8) is 0 Å². The van der Waals surface area contributed by atoms with Crippen molar-refractivity contribution in [2.24, 2.45) is 0 Å². The van der Waals surface area contributed by atoms with E-state index in [0.29, 0.717) is 6.54 Å². The summed E-state index contributed by atoms with van der Waals surface area (Å²) in [6.45, 7) is 3.25. The van der Waals surface area contributed by atoms with Gasteiger partial charge in [-0.3, -0.25) is 9.78 Å². The van der Waals surface area contributed by atoms with Crippen molar-refractivity contribution < 1.29 is 4.79 Å². The van der Waals surface area contributed by atoms with Gasteiger partial charge in [-0.15, -0.1) is 0 Å². The number of carbonyl (C=O) groups is 1. The maximum atomic E-state index is 11.7. The van der Waals surface area contributed by atoms with Crippen LogP contribution in [0.3, 0.4) is 0 Å². The zero-order valence-corrected chi connectivity index (χ0v) is 10.3. The van der Waals surface area contributed by atoms with Crippen molar-refractivity contribution in [2.45, 2.75) is 6.92 Å². The first-order chi connectivity index (χ1) is 8.74. The molecule has 2 heterocycles. The molecule has 0 spiro atoms. The van der Waals surface area contributed by atoms with E-state index in [0.717, 1.165) is 28.7 Å². The van der Waals surface area contributed by atoms with Gasteiger partial charge in [0.15, 0.2) is 5.78 Å². The first-order valence-corrected chi connectivity index (χ1v) is 6.03. The van der Waals surface area contributed by atoms with Gasteiger partial charge in [-0.2, -0.15) is 0 Å². The van der Waals surface area contributed by atoms with E-state index in [9.17, 15) is 4.79 Å². The highest BCUT2D eigenvalue weighted by atomic mass is 16.1. The second-order valence-electron chi connectivity index (χ2n) is 4.66. The number of rotatable bonds is 1. The Kier molecular flexibility index (Phi) is 2.59. The number of fused-ring (bicyclic) bond motifs is 1. The third-order valence-electron chi connectivity index (χ3n) is 3.16. The molecule has 3 rings (SSSR count). The summed E-state index contributed by atoms with van der Waals surface area (Å²) in [5.74, 6) is 0.166. The van der Waals surface area contributed by atoms with Crippen LogP contribution in [0.15, 0.2) is 48.2 Å². The molecular formula is C15H14N2O. The summed E-state index contributed by atoms with van der Waals surface area (Å²) in [6, 6.07) is 10.0. The molecule has 0 aliphatic carbocycles. The number of hydrogen-bond acceptors (Lipinski definition) is 3. The van der Waals surface area contributed by atoms with Crippen LogP contribution in [0, 0.1) is 0 Å². The molecule has 0 saturated carbocycles. The Morgan fingerprint density at radius 3 is 2.89 bits per heavy atom. The number of hydrogen-bond donors (Lipinski definition) is 0. The lowest BCUT2D eigenvalue weighted by Gasteiger charge is -2.28. The largest absolute Gasteiger partial charge is 0.359 e. The maximum Gasteiger partial charge on any atom is 0.174 e. The van der Waals surface area contributed by atoms with E-state index in [1.807, 2.05) is 25.1 Å². The Bertz CT molecular complexity index is 640. The normalized spacial score (nSPS) is 15.9. The molecule has 0 N–H and O–H groups in total. The van der Waals surface area contributed by atoms with E-state index in [4.69, 9.17) is 0 Å². The van der Waals surface area contributed by atoms with Crippen LogP contribution in [-0.4, -0.2) is 23.9 Å². The third-order valence-corrected chi connectivity index (χ3v) is 3.16. The first kappa shape index (κ1) is 11.0. The first-order valence-electron chi connectivity index (χ1n) is 6.03. The van der Waals surface area contributed by atoms with Crippen LogP contribution >= 0.6 is 0 Å². The molecule has 90 valence electrons. The van der Waals surface area contributed by atoms with E-state index >= 15 is 0 Å². The molecule has 0 radical (unpaired) electrons. The molecule has 18 heavy (non-hydrogen) atoms. The summed E-state index contributed by atoms with van der Waals surface area (Å²) < 4.78 is 0. The molecule has 1 aliphatic rings. The van der Waals surface area contributed by atoms with Gasteiger partial charge in [-0.1, -0.05) is 11.6 Å². The van der Waals surface area contributed by atoms with Gasteiger partial charge in [0.2, 0.25) is 0 Å². The Labute approximate surface area is 106 Å². The Hall–Kier alpha value is -2.16. The van der Waals surface area contributed by atoms with Gasteiger partial charge in [0.25, 0.3) is 0 Å². The van der Waals surface area contributed by atoms with Crippen molar-refractivity contribution in [2.75, 3.05) is 18.0 Å². The summed E-state index contributed by atoms with van der Waals surface area (Å²) >= 11 is 0. The highest BCUT2D eigenvalue weighted by Crippen LogP contribution is 2.27. The number of anilines is 1. The summed E-state index contributed by atoms with van der Waals surface area (Å²) in [6.07, 6.45) is 3.53. The number of carbonyl (C=O) groups excluding carboxylic acids is 1. The molecule has 0 fully saturated rings. The third kappa shape index (κ3) is 1.88. The fourth-order valence-electron chi connectivity index (χ4n) is 2.44. The summed E-state index contributed by atoms with van der Waals surface area (Å²) in [5.41, 5.74) is 3.16. The quantitative estimate of drug-likeness (QED) is 0.765. The maximum absolute atomic E-state index is 11.7. The summed E-state index contributed by atoms with van der Waals surface area (Å²) in [5, 5.41) is 1.10. The van der Waals surface area contributed by atoms with Gasteiger partial charge in [0.05, 0.1) is 12.1 Å². The lowest BCUT2D eigenvalue weighted by molar-refractivity contribution is -0.113. The smallest absolute Gasteiger partial charge is 0.174 e. The predicted molar refractivity (Wildman–Crippen MR) is 72.7 cm³/mol. The molecular weight excluding hydrogens is 224 g/mol. The average molecular weight is 238 g/mol. The molecule has 0 unspecified atom stereocenters. The van der Waals surface area contributed by atoms with Crippen molar-refractivity contribution >= 4 is 22.4 Å². The van der Waals surface area contributed by atoms with Gasteiger partial charge >= 0.3 is 0 Å². The molecule has 3 heteroatoms. The number of nitrogens with zero attached hydrogens (tertiary/aromatic N) is 2. The minimum absolute atomic E-state index is 0.166. The van der Waals surface area contributed by atoms with Gasteiger partial charge in [-0.25, -0.2) is 0 Å². The van der Waals surface area contributed by atoms with Gasteiger partial charge in [-0.05, 0) is 37.3 Å². The fraction of sp³-hybridized carbons (Fsp3) is 0.200. The monoisotopic (exact) mass is 238 g/mol. The van der Waals surface area contributed by atoms with Crippen molar-refractivity contribution in [3.05, 3.63) is 48.2 Å². The Balaban J connectivity index is 2.10. The van der Waals surface area contributed by atoms with Crippen molar-refractivity contribution in [1.82, 2.24) is 4.98 Å². The van der Waals surface area contributed by atoms with Crippen LogP contribution in [0.2, 0.25) is 0 Å². The Morgan fingerprint density at radius 2 is 2.06 bits per heavy atom. The van der Waals surface area contributed by atoms with Gasteiger partial charge in [0.1, 0.15) is 0 Å². The molecule has 0 atom stereocenters. The molecule has 2 aromatic rings. The van der Waals surface area contributed by atoms with Crippen molar-refractivity contribution in [3.8, 4) is 0 Å². The zero-order valence-electron chi connectivity index (χ0n) is 10.3. The molecule has 0 amide bonds. The standard InChI is InChI=1S/C15H14N2O/c1-11-8-12(18)10-17(9-11)15-6-2-5-14-13(15)4-3-7-16-14/h2-8H,9-10H2,1H3. The second-order valence-corrected chi connectivity index (χ2v) is 4.66. The average Bonchev–Trinajstić information content (AvgIpc) is 2.37. The predicted octanol–water partition coefficient (Wildman–Crippen LogP) is 2.57. The van der Waals surface area contributed by atoms with E-state index in [1.165, 1.54) is 0 Å². The zero-order chi connectivity index (χ0) is 12.5. The molecule has 1 aromatic heterocycles. The highest BCUT2D eigenvalue weighted by molar-refractivity contribution is 5.99. The highest BCUT2D eigenvalue weighted by Gasteiger charge is 2.17. The number of ketones is 1. The molecule has 0 saturated heterocycles. The van der Waals surface area contributed by atoms with Gasteiger partial charge < -0.3 is 4.90 Å². The van der Waals surface area contributed by atoms with Crippen LogP contribution in [0.25, 0.3) is 10.9 Å². The summed E-state index contributed by atoms with van der Waals surface area (Å²) in [7, 11) is 0. The number of pyridine rings is 1. The topological polar surface area (TPSA) is 33.2 Å². The molecule has 1 aliphatic heterocycles. The molecule has 0 bridgehead atoms. The molecule has 3 nitrogen and oxygen atoms in total. The lowest BCUT2D eigenvalue weighted by Crippen LogP contribution is -2.34. The fourth-order valence-corrected chi connectivity index (χ4v) is 2.44. The number of benzene rings is 1. The second kappa shape index (κ2) is 4.26.